The Bertz CT molecular complexity index is 715. The average Bonchev–Trinajstić information content (AvgIpc) is 3.22. The first-order valence-electron chi connectivity index (χ1n) is 9.56. The fourth-order valence-electron chi connectivity index (χ4n) is 3.39. The summed E-state index contributed by atoms with van der Waals surface area (Å²) < 4.78 is 16.8. The molecule has 0 saturated carbocycles. The van der Waals surface area contributed by atoms with Gasteiger partial charge in [0, 0.05) is 62.2 Å². The van der Waals surface area contributed by atoms with Crippen LogP contribution in [0.3, 0.4) is 0 Å². The van der Waals surface area contributed by atoms with Crippen molar-refractivity contribution in [3.63, 3.8) is 0 Å². The largest absolute Gasteiger partial charge is 0.497 e. The summed E-state index contributed by atoms with van der Waals surface area (Å²) in [5, 5.41) is 0. The molecule has 2 aromatic rings. The summed E-state index contributed by atoms with van der Waals surface area (Å²) in [7, 11) is 3.36. The van der Waals surface area contributed by atoms with Gasteiger partial charge in [-0.15, -0.1) is 0 Å². The highest BCUT2D eigenvalue weighted by Crippen LogP contribution is 2.27. The van der Waals surface area contributed by atoms with Crippen LogP contribution in [0.4, 0.5) is 0 Å². The van der Waals surface area contributed by atoms with E-state index in [2.05, 4.69) is 27.9 Å². The van der Waals surface area contributed by atoms with Gasteiger partial charge < -0.3 is 14.2 Å². The van der Waals surface area contributed by atoms with Crippen LogP contribution in [0.25, 0.3) is 0 Å². The predicted octanol–water partition coefficient (Wildman–Crippen LogP) is 3.24. The maximum Gasteiger partial charge on any atom is 0.127 e. The second-order valence-corrected chi connectivity index (χ2v) is 6.84. The number of nitrogens with zero attached hydrogens (tertiary/aromatic N) is 3. The Morgan fingerprint density at radius 2 is 1.96 bits per heavy atom. The van der Waals surface area contributed by atoms with Crippen LogP contribution in [0.5, 0.6) is 11.5 Å². The van der Waals surface area contributed by atoms with Crippen LogP contribution in [0.2, 0.25) is 0 Å². The zero-order valence-corrected chi connectivity index (χ0v) is 16.5. The normalized spacial score (nSPS) is 16.7. The summed E-state index contributed by atoms with van der Waals surface area (Å²) in [6.07, 6.45) is 7.24. The zero-order valence-electron chi connectivity index (χ0n) is 16.5. The molecule has 0 spiro atoms. The molecular weight excluding hydrogens is 342 g/mol. The summed E-state index contributed by atoms with van der Waals surface area (Å²) in [5.41, 5.74) is 2.24. The van der Waals surface area contributed by atoms with Gasteiger partial charge in [0.25, 0.3) is 0 Å². The second-order valence-electron chi connectivity index (χ2n) is 6.84. The summed E-state index contributed by atoms with van der Waals surface area (Å²) in [6, 6.07) is 5.97. The molecule has 1 aliphatic heterocycles. The van der Waals surface area contributed by atoms with Crippen LogP contribution in [0.1, 0.15) is 36.7 Å². The molecule has 146 valence electrons. The number of ether oxygens (including phenoxy) is 3. The summed E-state index contributed by atoms with van der Waals surface area (Å²) in [5.74, 6) is 2.51. The van der Waals surface area contributed by atoms with E-state index in [-0.39, 0.29) is 6.10 Å². The maximum atomic E-state index is 5.86. The molecule has 0 bridgehead atoms. The van der Waals surface area contributed by atoms with Crippen molar-refractivity contribution in [2.24, 2.45) is 0 Å². The minimum atomic E-state index is 0.282. The van der Waals surface area contributed by atoms with Crippen molar-refractivity contribution in [3.05, 3.63) is 47.5 Å². The topological polar surface area (TPSA) is 56.7 Å². The molecule has 1 fully saturated rings. The van der Waals surface area contributed by atoms with Crippen LogP contribution < -0.4 is 9.47 Å². The highest BCUT2D eigenvalue weighted by atomic mass is 16.5. The fraction of sp³-hybridized carbons (Fsp3) is 0.524. The van der Waals surface area contributed by atoms with E-state index in [1.165, 1.54) is 0 Å². The first kappa shape index (κ1) is 19.6. The Morgan fingerprint density at radius 3 is 2.59 bits per heavy atom. The van der Waals surface area contributed by atoms with Crippen molar-refractivity contribution in [1.29, 1.82) is 0 Å². The number of aryl methyl sites for hydroxylation is 1. The van der Waals surface area contributed by atoms with Gasteiger partial charge in [-0.25, -0.2) is 9.97 Å². The molecule has 0 aliphatic carbocycles. The van der Waals surface area contributed by atoms with E-state index in [1.54, 1.807) is 14.2 Å². The molecule has 1 aliphatic rings. The van der Waals surface area contributed by atoms with Gasteiger partial charge in [0.2, 0.25) is 0 Å². The highest BCUT2D eigenvalue weighted by Gasteiger charge is 2.21. The average molecular weight is 371 g/mol. The third-order valence-corrected chi connectivity index (χ3v) is 4.86. The van der Waals surface area contributed by atoms with Gasteiger partial charge in [-0.2, -0.15) is 0 Å². The Balaban J connectivity index is 1.76. The van der Waals surface area contributed by atoms with Crippen molar-refractivity contribution in [2.75, 3.05) is 27.4 Å². The lowest BCUT2D eigenvalue weighted by Crippen LogP contribution is -2.31. The smallest absolute Gasteiger partial charge is 0.127 e. The van der Waals surface area contributed by atoms with E-state index < -0.39 is 0 Å². The van der Waals surface area contributed by atoms with Crippen LogP contribution in [0, 0.1) is 0 Å². The number of methoxy groups -OCH3 is 2. The van der Waals surface area contributed by atoms with Crippen LogP contribution in [-0.4, -0.2) is 48.3 Å². The van der Waals surface area contributed by atoms with Gasteiger partial charge >= 0.3 is 0 Å². The molecule has 1 saturated heterocycles. The molecule has 0 N–H and O–H groups in total. The first-order chi connectivity index (χ1) is 13.2. The molecule has 3 rings (SSSR count). The number of hydrogen-bond donors (Lipinski definition) is 0. The zero-order chi connectivity index (χ0) is 19.1. The van der Waals surface area contributed by atoms with E-state index in [9.17, 15) is 0 Å². The van der Waals surface area contributed by atoms with Crippen molar-refractivity contribution < 1.29 is 14.2 Å². The quantitative estimate of drug-likeness (QED) is 0.674. The Kier molecular flexibility index (Phi) is 7.01. The van der Waals surface area contributed by atoms with Gasteiger partial charge in [0.05, 0.1) is 20.3 Å². The van der Waals surface area contributed by atoms with Gasteiger partial charge in [-0.1, -0.05) is 13.0 Å². The van der Waals surface area contributed by atoms with Gasteiger partial charge in [0.1, 0.15) is 17.3 Å². The van der Waals surface area contributed by atoms with Gasteiger partial charge in [0.15, 0.2) is 0 Å². The summed E-state index contributed by atoms with van der Waals surface area (Å²) in [4.78, 5) is 11.3. The molecule has 6 nitrogen and oxygen atoms in total. The summed E-state index contributed by atoms with van der Waals surface area (Å²) >= 11 is 0. The SMILES string of the molecule is CCc1ncc(CN(Cc2ccc(OC)cc2OC)C[C@@H]2CCCO2)cn1. The number of benzene rings is 1. The molecule has 2 heterocycles. The van der Waals surface area contributed by atoms with E-state index in [0.29, 0.717) is 0 Å². The third kappa shape index (κ3) is 5.40. The van der Waals surface area contributed by atoms with E-state index in [0.717, 1.165) is 74.0 Å². The molecule has 6 heteroatoms. The molecule has 1 atom stereocenters. The van der Waals surface area contributed by atoms with Crippen LogP contribution in [0.15, 0.2) is 30.6 Å². The third-order valence-electron chi connectivity index (χ3n) is 4.86. The van der Waals surface area contributed by atoms with E-state index in [4.69, 9.17) is 14.2 Å². The molecule has 27 heavy (non-hydrogen) atoms. The van der Waals surface area contributed by atoms with Gasteiger partial charge in [-0.05, 0) is 18.9 Å². The lowest BCUT2D eigenvalue weighted by Gasteiger charge is -2.26. The van der Waals surface area contributed by atoms with Crippen LogP contribution >= 0.6 is 0 Å². The van der Waals surface area contributed by atoms with E-state index >= 15 is 0 Å². The maximum absolute atomic E-state index is 5.86. The number of rotatable bonds is 9. The fourth-order valence-corrected chi connectivity index (χ4v) is 3.39. The van der Waals surface area contributed by atoms with Crippen LogP contribution in [-0.2, 0) is 24.2 Å². The van der Waals surface area contributed by atoms with Crippen molar-refractivity contribution >= 4 is 0 Å². The van der Waals surface area contributed by atoms with Gasteiger partial charge in [-0.3, -0.25) is 4.90 Å². The minimum absolute atomic E-state index is 0.282. The van der Waals surface area contributed by atoms with Crippen molar-refractivity contribution in [2.45, 2.75) is 45.4 Å². The molecule has 0 amide bonds. The standard InChI is InChI=1S/C21H29N3O3/c1-4-21-22-11-16(12-23-21)13-24(15-19-6-5-9-27-19)14-17-7-8-18(25-2)10-20(17)26-3/h7-8,10-12,19H,4-6,9,13-15H2,1-3H3/t19-/m0/s1. The summed E-state index contributed by atoms with van der Waals surface area (Å²) in [6.45, 7) is 5.35. The molecule has 0 unspecified atom stereocenters. The molecule has 1 aromatic heterocycles. The number of aromatic nitrogens is 2. The van der Waals surface area contributed by atoms with Crippen molar-refractivity contribution in [1.82, 2.24) is 14.9 Å². The monoisotopic (exact) mass is 371 g/mol. The Morgan fingerprint density at radius 1 is 1.15 bits per heavy atom. The van der Waals surface area contributed by atoms with E-state index in [1.807, 2.05) is 24.5 Å². The lowest BCUT2D eigenvalue weighted by atomic mass is 10.1. The Labute approximate surface area is 161 Å². The molecule has 1 aromatic carbocycles. The molecule has 0 radical (unpaired) electrons. The highest BCUT2D eigenvalue weighted by molar-refractivity contribution is 5.40. The number of hydrogen-bond acceptors (Lipinski definition) is 6. The molecular formula is C21H29N3O3. The lowest BCUT2D eigenvalue weighted by molar-refractivity contribution is 0.0675. The minimum Gasteiger partial charge on any atom is -0.497 e. The Hall–Kier alpha value is -2.18. The first-order valence-corrected chi connectivity index (χ1v) is 9.56. The predicted molar refractivity (Wildman–Crippen MR) is 104 cm³/mol. The van der Waals surface area contributed by atoms with Crippen molar-refractivity contribution in [3.8, 4) is 11.5 Å². The second kappa shape index (κ2) is 9.67.